The van der Waals surface area contributed by atoms with Crippen molar-refractivity contribution in [2.45, 2.75) is 38.8 Å². The monoisotopic (exact) mass is 416 g/mol. The van der Waals surface area contributed by atoms with E-state index in [1.165, 1.54) is 12.1 Å². The molecule has 1 N–H and O–H groups in total. The zero-order valence-electron chi connectivity index (χ0n) is 14.4. The number of hydrogen-bond donors (Lipinski definition) is 1. The molecule has 3 heterocycles. The molecule has 0 bridgehead atoms. The van der Waals surface area contributed by atoms with E-state index < -0.39 is 0 Å². The van der Waals surface area contributed by atoms with Gasteiger partial charge in [0.1, 0.15) is 0 Å². The van der Waals surface area contributed by atoms with Crippen molar-refractivity contribution in [2.24, 2.45) is 5.92 Å². The number of aromatic nitrogens is 2. The number of carbonyl (C=O) groups excluding carboxylic acids is 2. The van der Waals surface area contributed by atoms with Gasteiger partial charge in [-0.15, -0.1) is 0 Å². The van der Waals surface area contributed by atoms with Gasteiger partial charge in [0.15, 0.2) is 0 Å². The normalized spacial score (nSPS) is 19.5. The molecule has 1 fully saturated rings. The average molecular weight is 417 g/mol. The Kier molecular flexibility index (Phi) is 4.80. The molecular weight excluding hydrogens is 396 g/mol. The van der Waals surface area contributed by atoms with Gasteiger partial charge in [0.2, 0.25) is 11.8 Å². The van der Waals surface area contributed by atoms with Crippen LogP contribution in [0.4, 0.5) is 5.69 Å². The minimum absolute atomic E-state index is 0.00818. The Labute approximate surface area is 160 Å². The maximum absolute atomic E-state index is 12.6. The highest BCUT2D eigenvalue weighted by atomic mass is 79.9. The quantitative estimate of drug-likeness (QED) is 0.832. The summed E-state index contributed by atoms with van der Waals surface area (Å²) in [5.74, 6) is -0.384. The first kappa shape index (κ1) is 17.3. The fraction of sp³-hybridized carbons (Fsp3) is 0.421. The lowest BCUT2D eigenvalue weighted by molar-refractivity contribution is -0.126. The van der Waals surface area contributed by atoms with Gasteiger partial charge in [-0.1, -0.05) is 22.0 Å². The second kappa shape index (κ2) is 7.23. The molecule has 0 aliphatic carbocycles. The minimum Gasteiger partial charge on any atom is -0.352 e. The summed E-state index contributed by atoms with van der Waals surface area (Å²) in [7, 11) is 0. The van der Waals surface area contributed by atoms with Crippen LogP contribution in [0.15, 0.2) is 34.9 Å². The van der Waals surface area contributed by atoms with Gasteiger partial charge in [-0.3, -0.25) is 14.3 Å². The Hall–Kier alpha value is -2.15. The largest absolute Gasteiger partial charge is 0.352 e. The SMILES string of the molecule is O=C(NCc1cnn2c1CCCC2)[C@@H]1CC(=O)N(c2cccc(Br)c2)C1. The van der Waals surface area contributed by atoms with Gasteiger partial charge in [-0.05, 0) is 37.5 Å². The van der Waals surface area contributed by atoms with Gasteiger partial charge in [0, 0.05) is 47.5 Å². The number of carbonyl (C=O) groups is 2. The van der Waals surface area contributed by atoms with Gasteiger partial charge >= 0.3 is 0 Å². The number of benzene rings is 1. The van der Waals surface area contributed by atoms with Gasteiger partial charge in [0.25, 0.3) is 0 Å². The number of anilines is 1. The number of rotatable bonds is 4. The minimum atomic E-state index is -0.312. The van der Waals surface area contributed by atoms with Crippen LogP contribution in [-0.4, -0.2) is 28.1 Å². The summed E-state index contributed by atoms with van der Waals surface area (Å²) in [5.41, 5.74) is 3.14. The van der Waals surface area contributed by atoms with Crippen LogP contribution >= 0.6 is 15.9 Å². The Balaban J connectivity index is 1.38. The molecule has 6 nitrogen and oxygen atoms in total. The third kappa shape index (κ3) is 3.40. The average Bonchev–Trinajstić information content (AvgIpc) is 3.23. The number of aryl methyl sites for hydroxylation is 1. The fourth-order valence-corrected chi connectivity index (χ4v) is 4.12. The third-order valence-electron chi connectivity index (χ3n) is 5.14. The Morgan fingerprint density at radius 2 is 2.23 bits per heavy atom. The zero-order valence-corrected chi connectivity index (χ0v) is 16.0. The molecule has 1 aromatic heterocycles. The summed E-state index contributed by atoms with van der Waals surface area (Å²) in [6, 6.07) is 7.60. The number of halogens is 1. The maximum Gasteiger partial charge on any atom is 0.227 e. The first-order chi connectivity index (χ1) is 12.6. The number of fused-ring (bicyclic) bond motifs is 1. The van der Waals surface area contributed by atoms with Crippen molar-refractivity contribution in [3.63, 3.8) is 0 Å². The van der Waals surface area contributed by atoms with Crippen LogP contribution in [0, 0.1) is 5.92 Å². The van der Waals surface area contributed by atoms with E-state index in [4.69, 9.17) is 0 Å². The summed E-state index contributed by atoms with van der Waals surface area (Å²) in [5, 5.41) is 7.40. The molecule has 2 aliphatic heterocycles. The molecule has 0 spiro atoms. The molecule has 2 aliphatic rings. The lowest BCUT2D eigenvalue weighted by Gasteiger charge is -2.17. The van der Waals surface area contributed by atoms with E-state index in [1.807, 2.05) is 35.1 Å². The van der Waals surface area contributed by atoms with Gasteiger partial charge in [0.05, 0.1) is 12.1 Å². The summed E-state index contributed by atoms with van der Waals surface area (Å²) in [4.78, 5) is 26.6. The predicted octanol–water partition coefficient (Wildman–Crippen LogP) is 2.65. The predicted molar refractivity (Wildman–Crippen MR) is 102 cm³/mol. The smallest absolute Gasteiger partial charge is 0.227 e. The molecule has 26 heavy (non-hydrogen) atoms. The Morgan fingerprint density at radius 1 is 1.35 bits per heavy atom. The number of hydrogen-bond acceptors (Lipinski definition) is 3. The lowest BCUT2D eigenvalue weighted by atomic mass is 10.1. The van der Waals surface area contributed by atoms with Crippen LogP contribution in [0.3, 0.4) is 0 Å². The third-order valence-corrected chi connectivity index (χ3v) is 5.63. The summed E-state index contributed by atoms with van der Waals surface area (Å²) in [6.45, 7) is 1.87. The number of nitrogens with zero attached hydrogens (tertiary/aromatic N) is 3. The van der Waals surface area contributed by atoms with Gasteiger partial charge < -0.3 is 10.2 Å². The van der Waals surface area contributed by atoms with Crippen LogP contribution in [0.25, 0.3) is 0 Å². The van der Waals surface area contributed by atoms with Crippen molar-refractivity contribution in [3.05, 3.63) is 46.2 Å². The molecule has 7 heteroatoms. The van der Waals surface area contributed by atoms with Crippen molar-refractivity contribution in [1.29, 1.82) is 0 Å². The van der Waals surface area contributed by atoms with Crippen LogP contribution in [0.2, 0.25) is 0 Å². The molecule has 0 saturated carbocycles. The van der Waals surface area contributed by atoms with Crippen molar-refractivity contribution in [1.82, 2.24) is 15.1 Å². The van der Waals surface area contributed by atoms with Crippen molar-refractivity contribution in [3.8, 4) is 0 Å². The number of amides is 2. The lowest BCUT2D eigenvalue weighted by Crippen LogP contribution is -2.32. The van der Waals surface area contributed by atoms with E-state index in [1.54, 1.807) is 4.90 Å². The molecule has 2 amide bonds. The first-order valence-corrected chi connectivity index (χ1v) is 9.78. The highest BCUT2D eigenvalue weighted by Crippen LogP contribution is 2.27. The topological polar surface area (TPSA) is 67.2 Å². The van der Waals surface area contributed by atoms with E-state index in [0.717, 1.165) is 35.1 Å². The first-order valence-electron chi connectivity index (χ1n) is 8.99. The van der Waals surface area contributed by atoms with Crippen LogP contribution in [0.1, 0.15) is 30.5 Å². The number of nitrogens with one attached hydrogen (secondary N) is 1. The summed E-state index contributed by atoms with van der Waals surface area (Å²) >= 11 is 3.42. The molecule has 4 rings (SSSR count). The molecule has 0 radical (unpaired) electrons. The van der Waals surface area contributed by atoms with Crippen molar-refractivity contribution < 1.29 is 9.59 Å². The van der Waals surface area contributed by atoms with Crippen molar-refractivity contribution >= 4 is 33.4 Å². The van der Waals surface area contributed by atoms with E-state index in [0.29, 0.717) is 13.1 Å². The molecule has 2 aromatic rings. The van der Waals surface area contributed by atoms with E-state index in [9.17, 15) is 9.59 Å². The molecule has 1 aromatic carbocycles. The van der Waals surface area contributed by atoms with Gasteiger partial charge in [-0.2, -0.15) is 5.10 Å². The van der Waals surface area contributed by atoms with Gasteiger partial charge in [-0.25, -0.2) is 0 Å². The Bertz CT molecular complexity index is 848. The second-order valence-electron chi connectivity index (χ2n) is 6.90. The maximum atomic E-state index is 12.6. The summed E-state index contributed by atoms with van der Waals surface area (Å²) < 4.78 is 2.96. The Morgan fingerprint density at radius 3 is 3.08 bits per heavy atom. The van der Waals surface area contributed by atoms with E-state index >= 15 is 0 Å². The molecule has 136 valence electrons. The highest BCUT2D eigenvalue weighted by Gasteiger charge is 2.35. The van der Waals surface area contributed by atoms with Crippen LogP contribution in [-0.2, 0) is 29.1 Å². The molecule has 0 unspecified atom stereocenters. The highest BCUT2D eigenvalue weighted by molar-refractivity contribution is 9.10. The molecule has 1 atom stereocenters. The van der Waals surface area contributed by atoms with Crippen LogP contribution in [0.5, 0.6) is 0 Å². The summed E-state index contributed by atoms with van der Waals surface area (Å²) in [6.07, 6.45) is 5.46. The second-order valence-corrected chi connectivity index (χ2v) is 7.82. The zero-order chi connectivity index (χ0) is 18.1. The van der Waals surface area contributed by atoms with Crippen molar-refractivity contribution in [2.75, 3.05) is 11.4 Å². The van der Waals surface area contributed by atoms with E-state index in [-0.39, 0.29) is 24.2 Å². The fourth-order valence-electron chi connectivity index (χ4n) is 3.74. The van der Waals surface area contributed by atoms with Crippen LogP contribution < -0.4 is 10.2 Å². The molecular formula is C19H21BrN4O2. The van der Waals surface area contributed by atoms with E-state index in [2.05, 4.69) is 26.3 Å². The standard InChI is InChI=1S/C19H21BrN4O2/c20-15-4-3-5-16(9-15)23-12-13(8-18(23)25)19(26)21-10-14-11-22-24-7-2-1-6-17(14)24/h3-5,9,11,13H,1-2,6-8,10,12H2,(H,21,26)/t13-/m1/s1. The molecule has 1 saturated heterocycles.